The average molecular weight is 368 g/mol. The van der Waals surface area contributed by atoms with Crippen LogP contribution in [0.1, 0.15) is 0 Å². The van der Waals surface area contributed by atoms with Gasteiger partial charge >= 0.3 is 0 Å². The molecule has 0 saturated heterocycles. The lowest BCUT2D eigenvalue weighted by Crippen LogP contribution is -2.14. The lowest BCUT2D eigenvalue weighted by Gasteiger charge is -2.12. The predicted octanol–water partition coefficient (Wildman–Crippen LogP) is 2.55. The molecule has 2 rings (SSSR count). The molecule has 0 amide bonds. The van der Waals surface area contributed by atoms with Gasteiger partial charge in [-0.2, -0.15) is 5.26 Å². The molecular weight excluding hydrogens is 358 g/mol. The topological polar surface area (TPSA) is 92.1 Å². The number of sulfonamides is 1. The van der Waals surface area contributed by atoms with E-state index in [-0.39, 0.29) is 22.9 Å². The molecule has 0 radical (unpaired) electrons. The second-order valence-corrected chi connectivity index (χ2v) is 6.49. The summed E-state index contributed by atoms with van der Waals surface area (Å²) in [5, 5.41) is 8.53. The molecular formula is C13H10BrN3O3S. The van der Waals surface area contributed by atoms with Crippen LogP contribution in [0.15, 0.2) is 52.1 Å². The van der Waals surface area contributed by atoms with Gasteiger partial charge in [0.2, 0.25) is 0 Å². The third-order valence-corrected chi connectivity index (χ3v) is 4.18. The average Bonchev–Trinajstić information content (AvgIpc) is 2.46. The molecule has 0 atom stereocenters. The zero-order valence-electron chi connectivity index (χ0n) is 10.7. The van der Waals surface area contributed by atoms with Crippen LogP contribution in [0.4, 0.5) is 5.69 Å². The molecule has 1 aromatic heterocycles. The number of aromatic nitrogens is 1. The number of nitrogens with zero attached hydrogens (tertiary/aromatic N) is 2. The van der Waals surface area contributed by atoms with Crippen molar-refractivity contribution in [3.8, 4) is 11.8 Å². The molecule has 108 valence electrons. The van der Waals surface area contributed by atoms with Crippen LogP contribution in [0.5, 0.6) is 5.75 Å². The van der Waals surface area contributed by atoms with Gasteiger partial charge in [0.1, 0.15) is 16.7 Å². The minimum Gasteiger partial charge on any atom is -0.477 e. The van der Waals surface area contributed by atoms with Crippen LogP contribution in [0.3, 0.4) is 0 Å². The van der Waals surface area contributed by atoms with E-state index in [4.69, 9.17) is 10.00 Å². The van der Waals surface area contributed by atoms with E-state index in [1.165, 1.54) is 18.5 Å². The van der Waals surface area contributed by atoms with Crippen molar-refractivity contribution in [2.45, 2.75) is 4.90 Å². The maximum atomic E-state index is 12.3. The Balaban J connectivity index is 2.31. The Morgan fingerprint density at radius 3 is 2.81 bits per heavy atom. The second-order valence-electron chi connectivity index (χ2n) is 3.89. The molecule has 1 N–H and O–H groups in total. The molecule has 0 unspecified atom stereocenters. The molecule has 0 saturated carbocycles. The molecule has 21 heavy (non-hydrogen) atoms. The summed E-state index contributed by atoms with van der Waals surface area (Å²) in [6.07, 6.45) is 2.73. The summed E-state index contributed by atoms with van der Waals surface area (Å²) in [5.74, 6) is 0.283. The van der Waals surface area contributed by atoms with Crippen molar-refractivity contribution in [1.82, 2.24) is 4.98 Å². The van der Waals surface area contributed by atoms with E-state index < -0.39 is 10.0 Å². The summed E-state index contributed by atoms with van der Waals surface area (Å²) in [5.41, 5.74) is 0.257. The van der Waals surface area contributed by atoms with Crippen LogP contribution in [-0.2, 0) is 10.0 Å². The van der Waals surface area contributed by atoms with Crippen LogP contribution < -0.4 is 9.46 Å². The third kappa shape index (κ3) is 3.93. The highest BCUT2D eigenvalue weighted by Gasteiger charge is 2.17. The molecule has 0 bridgehead atoms. The number of nitriles is 1. The van der Waals surface area contributed by atoms with Crippen molar-refractivity contribution in [2.24, 2.45) is 0 Å². The third-order valence-electron chi connectivity index (χ3n) is 2.41. The summed E-state index contributed by atoms with van der Waals surface area (Å²) >= 11 is 3.17. The number of rotatable bonds is 5. The summed E-state index contributed by atoms with van der Waals surface area (Å²) in [7, 11) is -3.79. The fourth-order valence-corrected chi connectivity index (χ4v) is 3.10. The minimum atomic E-state index is -3.79. The van der Waals surface area contributed by atoms with Crippen molar-refractivity contribution in [3.63, 3.8) is 0 Å². The van der Waals surface area contributed by atoms with Crippen molar-refractivity contribution in [3.05, 3.63) is 47.2 Å². The van der Waals surface area contributed by atoms with E-state index in [0.29, 0.717) is 4.47 Å². The number of nitrogens with one attached hydrogen (secondary N) is 1. The number of halogens is 1. The van der Waals surface area contributed by atoms with Crippen LogP contribution in [-0.4, -0.2) is 20.0 Å². The molecule has 0 aliphatic heterocycles. The van der Waals surface area contributed by atoms with Gasteiger partial charge < -0.3 is 4.74 Å². The second kappa shape index (κ2) is 6.56. The fourth-order valence-electron chi connectivity index (χ4n) is 1.53. The van der Waals surface area contributed by atoms with Gasteiger partial charge in [-0.25, -0.2) is 8.42 Å². The molecule has 0 aliphatic carbocycles. The first-order valence-electron chi connectivity index (χ1n) is 5.75. The minimum absolute atomic E-state index is 0.0203. The number of benzene rings is 1. The zero-order chi connectivity index (χ0) is 15.3. The van der Waals surface area contributed by atoms with Gasteiger partial charge in [0, 0.05) is 16.9 Å². The Hall–Kier alpha value is -2.11. The van der Waals surface area contributed by atoms with Crippen molar-refractivity contribution in [2.75, 3.05) is 11.3 Å². The number of hydrogen-bond acceptors (Lipinski definition) is 5. The first-order chi connectivity index (χ1) is 10.0. The monoisotopic (exact) mass is 367 g/mol. The van der Waals surface area contributed by atoms with Gasteiger partial charge in [-0.15, -0.1) is 0 Å². The Bertz CT molecular complexity index is 787. The maximum absolute atomic E-state index is 12.3. The molecule has 6 nitrogen and oxygen atoms in total. The van der Waals surface area contributed by atoms with Crippen molar-refractivity contribution < 1.29 is 13.2 Å². The number of pyridine rings is 1. The van der Waals surface area contributed by atoms with E-state index in [1.54, 1.807) is 24.3 Å². The van der Waals surface area contributed by atoms with Gasteiger partial charge in [0.25, 0.3) is 10.0 Å². The summed E-state index contributed by atoms with van der Waals surface area (Å²) in [6.45, 7) is -0.169. The lowest BCUT2D eigenvalue weighted by molar-refractivity contribution is 0.370. The Kier molecular flexibility index (Phi) is 4.77. The number of anilines is 1. The first-order valence-corrected chi connectivity index (χ1v) is 8.03. The highest BCUT2D eigenvalue weighted by molar-refractivity contribution is 9.10. The van der Waals surface area contributed by atoms with Crippen LogP contribution in [0.25, 0.3) is 0 Å². The molecule has 1 aromatic carbocycles. The van der Waals surface area contributed by atoms with Gasteiger partial charge in [-0.05, 0) is 34.1 Å². The Morgan fingerprint density at radius 1 is 1.33 bits per heavy atom. The highest BCUT2D eigenvalue weighted by atomic mass is 79.9. The molecule has 0 fully saturated rings. The largest absolute Gasteiger partial charge is 0.477 e. The SMILES string of the molecule is N#CCOc1ccccc1NS(=O)(=O)c1cncc(Br)c1. The van der Waals surface area contributed by atoms with E-state index in [0.717, 1.165) is 0 Å². The van der Waals surface area contributed by atoms with Crippen molar-refractivity contribution >= 4 is 31.6 Å². The molecule has 0 aliphatic rings. The number of hydrogen-bond donors (Lipinski definition) is 1. The smallest absolute Gasteiger partial charge is 0.263 e. The molecule has 0 spiro atoms. The van der Waals surface area contributed by atoms with Crippen LogP contribution in [0, 0.1) is 11.3 Å². The van der Waals surface area contributed by atoms with Crippen LogP contribution in [0.2, 0.25) is 0 Å². The Labute approximate surface area is 130 Å². The standard InChI is InChI=1S/C13H10BrN3O3S/c14-10-7-11(9-16-8-10)21(18,19)17-12-3-1-2-4-13(12)20-6-5-15/h1-4,7-9,17H,6H2. The van der Waals surface area contributed by atoms with E-state index in [2.05, 4.69) is 25.6 Å². The summed E-state index contributed by atoms with van der Waals surface area (Å²) < 4.78 is 32.7. The lowest BCUT2D eigenvalue weighted by atomic mass is 10.3. The number of ether oxygens (including phenoxy) is 1. The first kappa shape index (κ1) is 15.3. The van der Waals surface area contributed by atoms with Gasteiger partial charge in [-0.3, -0.25) is 9.71 Å². The Morgan fingerprint density at radius 2 is 2.10 bits per heavy atom. The van der Waals surface area contributed by atoms with Gasteiger partial charge in [0.05, 0.1) is 5.69 Å². The fraction of sp³-hybridized carbons (Fsp3) is 0.0769. The quantitative estimate of drug-likeness (QED) is 0.876. The van der Waals surface area contributed by atoms with E-state index in [1.807, 2.05) is 6.07 Å². The van der Waals surface area contributed by atoms with E-state index >= 15 is 0 Å². The summed E-state index contributed by atoms with van der Waals surface area (Å²) in [4.78, 5) is 3.84. The highest BCUT2D eigenvalue weighted by Crippen LogP contribution is 2.26. The normalized spacial score (nSPS) is 10.7. The van der Waals surface area contributed by atoms with E-state index in [9.17, 15) is 8.42 Å². The number of para-hydroxylation sites is 2. The van der Waals surface area contributed by atoms with Crippen molar-refractivity contribution in [1.29, 1.82) is 5.26 Å². The zero-order valence-corrected chi connectivity index (χ0v) is 13.1. The maximum Gasteiger partial charge on any atom is 0.263 e. The molecule has 2 aromatic rings. The summed E-state index contributed by atoms with van der Waals surface area (Å²) in [6, 6.07) is 9.75. The van der Waals surface area contributed by atoms with Gasteiger partial charge in [-0.1, -0.05) is 12.1 Å². The molecule has 8 heteroatoms. The predicted molar refractivity (Wildman–Crippen MR) is 80.3 cm³/mol. The van der Waals surface area contributed by atoms with Gasteiger partial charge in [0.15, 0.2) is 6.61 Å². The molecule has 1 heterocycles. The van der Waals surface area contributed by atoms with Crippen LogP contribution >= 0.6 is 15.9 Å².